The van der Waals surface area contributed by atoms with Crippen LogP contribution in [0.3, 0.4) is 0 Å². The quantitative estimate of drug-likeness (QED) is 0.552. The zero-order valence-electron chi connectivity index (χ0n) is 11.7. The van der Waals surface area contributed by atoms with Gasteiger partial charge in [0.05, 0.1) is 20.7 Å². The fourth-order valence-electron chi connectivity index (χ4n) is 2.24. The zero-order chi connectivity index (χ0) is 17.6. The average Bonchev–Trinajstić information content (AvgIpc) is 2.51. The van der Waals surface area contributed by atoms with Crippen LogP contribution >= 0.6 is 31.9 Å². The smallest absolute Gasteiger partial charge is 0.362 e. The first kappa shape index (κ1) is 16.9. The fraction of sp³-hybridized carbons (Fsp3) is 0. The number of nitrogens with one attached hydrogen (secondary N) is 1. The molecule has 0 aliphatic rings. The normalized spacial score (nSPS) is 11.8. The van der Waals surface area contributed by atoms with Crippen molar-refractivity contribution in [1.82, 2.24) is 9.71 Å². The molecule has 10 heteroatoms. The second kappa shape index (κ2) is 5.87. The molecule has 0 atom stereocenters. The van der Waals surface area contributed by atoms with Crippen molar-refractivity contribution in [3.05, 3.63) is 66.2 Å². The molecule has 124 valence electrons. The highest BCUT2D eigenvalue weighted by Crippen LogP contribution is 2.29. The van der Waals surface area contributed by atoms with E-state index in [4.69, 9.17) is 0 Å². The summed E-state index contributed by atoms with van der Waals surface area (Å²) in [5.41, 5.74) is -2.28. The van der Waals surface area contributed by atoms with Gasteiger partial charge in [0.15, 0.2) is 0 Å². The van der Waals surface area contributed by atoms with Crippen LogP contribution in [-0.4, -0.2) is 23.3 Å². The SMILES string of the molecule is O=c1[nH]c2c(S(=O)(=O)c3cc(Br)cc(Br)c3)cccc2c(=O)n1O. The van der Waals surface area contributed by atoms with Crippen LogP contribution in [-0.2, 0) is 9.84 Å². The third-order valence-corrected chi connectivity index (χ3v) is 6.00. The van der Waals surface area contributed by atoms with Crippen LogP contribution in [0, 0.1) is 0 Å². The van der Waals surface area contributed by atoms with Crippen molar-refractivity contribution < 1.29 is 13.6 Å². The van der Waals surface area contributed by atoms with Gasteiger partial charge in [0.25, 0.3) is 5.56 Å². The van der Waals surface area contributed by atoms with E-state index in [0.29, 0.717) is 8.95 Å². The highest BCUT2D eigenvalue weighted by atomic mass is 79.9. The molecule has 0 unspecified atom stereocenters. The standard InChI is InChI=1S/C14H8Br2N2O5S/c15-7-4-8(16)6-9(5-7)24(22,23)11-3-1-2-10-12(11)17-14(20)18(21)13(10)19/h1-6,21H,(H,17,20). The van der Waals surface area contributed by atoms with Crippen LogP contribution in [0.2, 0.25) is 0 Å². The molecule has 3 rings (SSSR count). The fourth-order valence-corrected chi connectivity index (χ4v) is 5.34. The van der Waals surface area contributed by atoms with Gasteiger partial charge in [0, 0.05) is 8.95 Å². The van der Waals surface area contributed by atoms with Crippen LogP contribution < -0.4 is 11.2 Å². The zero-order valence-corrected chi connectivity index (χ0v) is 15.6. The van der Waals surface area contributed by atoms with E-state index in [-0.39, 0.29) is 25.4 Å². The molecule has 7 nitrogen and oxygen atoms in total. The van der Waals surface area contributed by atoms with E-state index in [0.717, 1.165) is 0 Å². The molecule has 3 aromatic rings. The van der Waals surface area contributed by atoms with Gasteiger partial charge in [-0.1, -0.05) is 42.7 Å². The van der Waals surface area contributed by atoms with E-state index in [1.54, 1.807) is 6.07 Å². The molecule has 1 aromatic heterocycles. The summed E-state index contributed by atoms with van der Waals surface area (Å²) < 4.78 is 26.8. The summed E-state index contributed by atoms with van der Waals surface area (Å²) in [7, 11) is -4.02. The van der Waals surface area contributed by atoms with Gasteiger partial charge >= 0.3 is 5.69 Å². The Labute approximate surface area is 151 Å². The van der Waals surface area contributed by atoms with Crippen molar-refractivity contribution in [2.24, 2.45) is 0 Å². The van der Waals surface area contributed by atoms with Gasteiger partial charge in [0.2, 0.25) is 9.84 Å². The third kappa shape index (κ3) is 2.70. The molecule has 0 saturated carbocycles. The Hall–Kier alpha value is -1.91. The first-order valence-corrected chi connectivity index (χ1v) is 9.47. The second-order valence-corrected chi connectivity index (χ2v) is 8.58. The van der Waals surface area contributed by atoms with Crippen molar-refractivity contribution in [2.45, 2.75) is 9.79 Å². The molecular formula is C14H8Br2N2O5S. The number of aromatic nitrogens is 2. The number of hydrogen-bond donors (Lipinski definition) is 2. The van der Waals surface area contributed by atoms with Crippen LogP contribution in [0.25, 0.3) is 10.9 Å². The molecular weight excluding hydrogens is 468 g/mol. The Morgan fingerprint density at radius 3 is 2.29 bits per heavy atom. The van der Waals surface area contributed by atoms with E-state index in [1.807, 2.05) is 0 Å². The van der Waals surface area contributed by atoms with Crippen LogP contribution in [0.1, 0.15) is 0 Å². The number of benzene rings is 2. The minimum Gasteiger partial charge on any atom is -0.421 e. The third-order valence-electron chi connectivity index (χ3n) is 3.31. The lowest BCUT2D eigenvalue weighted by Crippen LogP contribution is -2.33. The van der Waals surface area contributed by atoms with E-state index < -0.39 is 21.1 Å². The summed E-state index contributed by atoms with van der Waals surface area (Å²) in [6, 6.07) is 8.45. The first-order valence-electron chi connectivity index (χ1n) is 6.40. The number of sulfone groups is 1. The number of rotatable bonds is 2. The number of hydrogen-bond acceptors (Lipinski definition) is 5. The molecule has 0 aliphatic carbocycles. The molecule has 1 heterocycles. The maximum Gasteiger partial charge on any atom is 0.362 e. The predicted molar refractivity (Wildman–Crippen MR) is 93.3 cm³/mol. The Balaban J connectivity index is 2.41. The summed E-state index contributed by atoms with van der Waals surface area (Å²) in [6.45, 7) is 0. The second-order valence-electron chi connectivity index (χ2n) is 4.83. The van der Waals surface area contributed by atoms with E-state index in [1.165, 1.54) is 30.3 Å². The van der Waals surface area contributed by atoms with Gasteiger partial charge in [-0.3, -0.25) is 4.79 Å². The first-order chi connectivity index (χ1) is 11.2. The topological polar surface area (TPSA) is 109 Å². The summed E-state index contributed by atoms with van der Waals surface area (Å²) in [5, 5.41) is 9.27. The molecule has 24 heavy (non-hydrogen) atoms. The summed E-state index contributed by atoms with van der Waals surface area (Å²) in [6.07, 6.45) is 0. The summed E-state index contributed by atoms with van der Waals surface area (Å²) in [4.78, 5) is 25.5. The highest BCUT2D eigenvalue weighted by Gasteiger charge is 2.23. The monoisotopic (exact) mass is 474 g/mol. The van der Waals surface area contributed by atoms with Crippen molar-refractivity contribution in [3.8, 4) is 0 Å². The minimum absolute atomic E-state index is 0.0229. The molecule has 0 amide bonds. The Kier molecular flexibility index (Phi) is 4.14. The molecule has 0 bridgehead atoms. The molecule has 0 fully saturated rings. The predicted octanol–water partition coefficient (Wildman–Crippen LogP) is 2.28. The Morgan fingerprint density at radius 1 is 1.04 bits per heavy atom. The summed E-state index contributed by atoms with van der Waals surface area (Å²) in [5.74, 6) is 0. The van der Waals surface area contributed by atoms with Crippen molar-refractivity contribution >= 4 is 52.6 Å². The maximum absolute atomic E-state index is 12.9. The number of nitrogens with zero attached hydrogens (tertiary/aromatic N) is 1. The van der Waals surface area contributed by atoms with Crippen LogP contribution in [0.15, 0.2) is 64.7 Å². The van der Waals surface area contributed by atoms with Crippen molar-refractivity contribution in [3.63, 3.8) is 0 Å². The lowest BCUT2D eigenvalue weighted by atomic mass is 10.2. The summed E-state index contributed by atoms with van der Waals surface area (Å²) >= 11 is 6.44. The molecule has 2 N–H and O–H groups in total. The highest BCUT2D eigenvalue weighted by molar-refractivity contribution is 9.11. The Bertz CT molecular complexity index is 1180. The lowest BCUT2D eigenvalue weighted by molar-refractivity contribution is 0.162. The molecule has 2 aromatic carbocycles. The molecule has 0 radical (unpaired) electrons. The minimum atomic E-state index is -4.02. The van der Waals surface area contributed by atoms with Gasteiger partial charge in [0.1, 0.15) is 0 Å². The van der Waals surface area contributed by atoms with Crippen LogP contribution in [0.5, 0.6) is 0 Å². The number of fused-ring (bicyclic) bond motifs is 1. The van der Waals surface area contributed by atoms with Crippen LogP contribution in [0.4, 0.5) is 0 Å². The molecule has 0 saturated heterocycles. The van der Waals surface area contributed by atoms with Gasteiger partial charge in [-0.15, -0.1) is 0 Å². The van der Waals surface area contributed by atoms with E-state index in [2.05, 4.69) is 36.8 Å². The maximum atomic E-state index is 12.9. The number of H-pyrrole nitrogens is 1. The van der Waals surface area contributed by atoms with E-state index in [9.17, 15) is 23.2 Å². The van der Waals surface area contributed by atoms with Crippen molar-refractivity contribution in [2.75, 3.05) is 0 Å². The number of para-hydroxylation sites is 1. The number of aromatic amines is 1. The van der Waals surface area contributed by atoms with Gasteiger partial charge in [-0.2, -0.15) is 0 Å². The van der Waals surface area contributed by atoms with Gasteiger partial charge < -0.3 is 10.2 Å². The Morgan fingerprint density at radius 2 is 1.67 bits per heavy atom. The van der Waals surface area contributed by atoms with Gasteiger partial charge in [-0.05, 0) is 30.3 Å². The van der Waals surface area contributed by atoms with E-state index >= 15 is 0 Å². The average molecular weight is 476 g/mol. The molecule has 0 aliphatic heterocycles. The lowest BCUT2D eigenvalue weighted by Gasteiger charge is -2.09. The molecule has 0 spiro atoms. The van der Waals surface area contributed by atoms with Gasteiger partial charge in [-0.25, -0.2) is 13.2 Å². The largest absolute Gasteiger partial charge is 0.421 e. The van der Waals surface area contributed by atoms with Crippen molar-refractivity contribution in [1.29, 1.82) is 0 Å². The number of halogens is 2.